The largest absolute Gasteiger partial charge is 0.387 e. The summed E-state index contributed by atoms with van der Waals surface area (Å²) in [6, 6.07) is 0. The molecule has 0 amide bonds. The van der Waals surface area contributed by atoms with Crippen LogP contribution in [-0.4, -0.2) is 73.4 Å². The van der Waals surface area contributed by atoms with Gasteiger partial charge in [-0.25, -0.2) is 0 Å². The maximum Gasteiger partial charge on any atom is 0.122 e. The van der Waals surface area contributed by atoms with Crippen molar-refractivity contribution in [1.29, 1.82) is 0 Å². The fourth-order valence-corrected chi connectivity index (χ4v) is 1.99. The standard InChI is InChI=1S/C9H17FO6/c10-3-1-2-9(16)7(14)5(12)4(11)6(13)8(9)15/h4-8,11-16H,1-3H2/t4-,5-,6+,7+,8-,9+. The summed E-state index contributed by atoms with van der Waals surface area (Å²) in [5.74, 6) is 0. The predicted octanol–water partition coefficient (Wildman–Crippen LogP) is -2.71. The number of hydrogen-bond acceptors (Lipinski definition) is 6. The number of halogens is 1. The van der Waals surface area contributed by atoms with Crippen LogP contribution < -0.4 is 0 Å². The smallest absolute Gasteiger partial charge is 0.122 e. The highest BCUT2D eigenvalue weighted by atomic mass is 19.1. The van der Waals surface area contributed by atoms with Crippen molar-refractivity contribution in [3.05, 3.63) is 0 Å². The molecule has 0 unspecified atom stereocenters. The van der Waals surface area contributed by atoms with Gasteiger partial charge >= 0.3 is 0 Å². The minimum Gasteiger partial charge on any atom is -0.387 e. The average molecular weight is 240 g/mol. The molecule has 0 aromatic carbocycles. The monoisotopic (exact) mass is 240 g/mol. The molecule has 1 rings (SSSR count). The van der Waals surface area contributed by atoms with E-state index in [0.717, 1.165) is 0 Å². The van der Waals surface area contributed by atoms with Gasteiger partial charge in [0.1, 0.15) is 36.1 Å². The first kappa shape index (κ1) is 13.8. The number of hydrogen-bond donors (Lipinski definition) is 6. The van der Waals surface area contributed by atoms with Crippen molar-refractivity contribution in [2.75, 3.05) is 6.67 Å². The Morgan fingerprint density at radius 1 is 0.875 bits per heavy atom. The molecule has 0 aromatic heterocycles. The van der Waals surface area contributed by atoms with Gasteiger partial charge in [0.25, 0.3) is 0 Å². The summed E-state index contributed by atoms with van der Waals surface area (Å²) in [7, 11) is 0. The van der Waals surface area contributed by atoms with E-state index < -0.39 is 42.8 Å². The third kappa shape index (κ3) is 2.06. The van der Waals surface area contributed by atoms with Gasteiger partial charge in [-0.15, -0.1) is 0 Å². The highest BCUT2D eigenvalue weighted by molar-refractivity contribution is 5.08. The van der Waals surface area contributed by atoms with Crippen LogP contribution in [0.25, 0.3) is 0 Å². The Hall–Kier alpha value is -0.310. The summed E-state index contributed by atoms with van der Waals surface area (Å²) in [5, 5.41) is 56.9. The normalized spacial score (nSPS) is 49.3. The molecule has 0 saturated heterocycles. The molecule has 0 radical (unpaired) electrons. The Morgan fingerprint density at radius 2 is 1.31 bits per heavy atom. The van der Waals surface area contributed by atoms with Crippen LogP contribution in [0.2, 0.25) is 0 Å². The van der Waals surface area contributed by atoms with E-state index in [1.54, 1.807) is 0 Å². The third-order valence-corrected chi connectivity index (χ3v) is 3.08. The molecule has 6 atom stereocenters. The second-order valence-electron chi connectivity index (χ2n) is 4.15. The minimum atomic E-state index is -2.22. The van der Waals surface area contributed by atoms with Gasteiger partial charge in [0.2, 0.25) is 0 Å². The van der Waals surface area contributed by atoms with E-state index in [1.807, 2.05) is 0 Å². The van der Waals surface area contributed by atoms with Crippen LogP contribution in [0.3, 0.4) is 0 Å². The molecule has 16 heavy (non-hydrogen) atoms. The minimum absolute atomic E-state index is 0.139. The number of alkyl halides is 1. The lowest BCUT2D eigenvalue weighted by atomic mass is 9.72. The Kier molecular flexibility index (Phi) is 4.22. The molecule has 6 N–H and O–H groups in total. The SMILES string of the molecule is O[C@@H]1[C@@H](O)[C@H](O)[C@@](O)(CCCF)[C@H](O)[C@H]1O. The van der Waals surface area contributed by atoms with E-state index in [9.17, 15) is 35.0 Å². The molecule has 96 valence electrons. The lowest BCUT2D eigenvalue weighted by Gasteiger charge is -2.47. The van der Waals surface area contributed by atoms with Crippen LogP contribution in [0.4, 0.5) is 4.39 Å². The van der Waals surface area contributed by atoms with E-state index in [-0.39, 0.29) is 12.8 Å². The second-order valence-corrected chi connectivity index (χ2v) is 4.15. The van der Waals surface area contributed by atoms with Gasteiger partial charge in [0, 0.05) is 0 Å². The van der Waals surface area contributed by atoms with Crippen LogP contribution in [0.1, 0.15) is 12.8 Å². The van der Waals surface area contributed by atoms with Crippen molar-refractivity contribution in [3.63, 3.8) is 0 Å². The van der Waals surface area contributed by atoms with Crippen molar-refractivity contribution in [3.8, 4) is 0 Å². The second kappa shape index (κ2) is 4.91. The Labute approximate surface area is 91.6 Å². The lowest BCUT2D eigenvalue weighted by Crippen LogP contribution is -2.70. The van der Waals surface area contributed by atoms with Crippen molar-refractivity contribution in [2.45, 2.75) is 49.0 Å². The van der Waals surface area contributed by atoms with Crippen molar-refractivity contribution >= 4 is 0 Å². The van der Waals surface area contributed by atoms with Gasteiger partial charge in [-0.1, -0.05) is 0 Å². The van der Waals surface area contributed by atoms with Crippen molar-refractivity contribution < 1.29 is 35.0 Å². The predicted molar refractivity (Wildman–Crippen MR) is 50.2 cm³/mol. The van der Waals surface area contributed by atoms with Gasteiger partial charge in [-0.2, -0.15) is 0 Å². The molecular formula is C9H17FO6. The van der Waals surface area contributed by atoms with E-state index in [1.165, 1.54) is 0 Å². The fourth-order valence-electron chi connectivity index (χ4n) is 1.99. The van der Waals surface area contributed by atoms with Gasteiger partial charge in [-0.3, -0.25) is 4.39 Å². The van der Waals surface area contributed by atoms with E-state index in [4.69, 9.17) is 0 Å². The first-order chi connectivity index (χ1) is 7.36. The lowest BCUT2D eigenvalue weighted by molar-refractivity contribution is -0.270. The summed E-state index contributed by atoms with van der Waals surface area (Å²) in [6.45, 7) is -0.767. The molecule has 6 nitrogen and oxygen atoms in total. The van der Waals surface area contributed by atoms with Crippen LogP contribution in [0.5, 0.6) is 0 Å². The quantitative estimate of drug-likeness (QED) is 0.319. The zero-order chi connectivity index (χ0) is 12.5. The van der Waals surface area contributed by atoms with Gasteiger partial charge in [-0.05, 0) is 12.8 Å². The van der Waals surface area contributed by atoms with Crippen LogP contribution in [-0.2, 0) is 0 Å². The highest BCUT2D eigenvalue weighted by Gasteiger charge is 2.56. The molecule has 1 aliphatic rings. The van der Waals surface area contributed by atoms with Crippen LogP contribution in [0.15, 0.2) is 0 Å². The molecule has 0 aliphatic heterocycles. The first-order valence-electron chi connectivity index (χ1n) is 5.05. The average Bonchev–Trinajstić information content (AvgIpc) is 2.29. The molecule has 1 aliphatic carbocycles. The summed E-state index contributed by atoms with van der Waals surface area (Å²) in [4.78, 5) is 0. The molecule has 0 bridgehead atoms. The Bertz CT molecular complexity index is 222. The van der Waals surface area contributed by atoms with E-state index in [2.05, 4.69) is 0 Å². The Balaban J connectivity index is 2.88. The van der Waals surface area contributed by atoms with Gasteiger partial charge in [0.15, 0.2) is 0 Å². The number of aliphatic hydroxyl groups excluding tert-OH is 5. The summed E-state index contributed by atoms with van der Waals surface area (Å²) >= 11 is 0. The van der Waals surface area contributed by atoms with Crippen LogP contribution in [0, 0.1) is 0 Å². The third-order valence-electron chi connectivity index (χ3n) is 3.08. The van der Waals surface area contributed by atoms with Crippen molar-refractivity contribution in [1.82, 2.24) is 0 Å². The molecule has 7 heteroatoms. The molecule has 0 aromatic rings. The number of rotatable bonds is 3. The summed E-state index contributed by atoms with van der Waals surface area (Å²) in [5.41, 5.74) is -2.22. The van der Waals surface area contributed by atoms with Gasteiger partial charge < -0.3 is 30.6 Å². The van der Waals surface area contributed by atoms with E-state index in [0.29, 0.717) is 0 Å². The number of aliphatic hydroxyl groups is 6. The molecular weight excluding hydrogens is 223 g/mol. The molecule has 1 fully saturated rings. The highest BCUT2D eigenvalue weighted by Crippen LogP contribution is 2.33. The fraction of sp³-hybridized carbons (Fsp3) is 1.00. The summed E-state index contributed by atoms with van der Waals surface area (Å²) in [6.07, 6.45) is -9.48. The van der Waals surface area contributed by atoms with Crippen molar-refractivity contribution in [2.24, 2.45) is 0 Å². The first-order valence-corrected chi connectivity index (χ1v) is 5.05. The molecule has 0 heterocycles. The van der Waals surface area contributed by atoms with E-state index >= 15 is 0 Å². The Morgan fingerprint density at radius 3 is 1.69 bits per heavy atom. The maximum absolute atomic E-state index is 12.0. The van der Waals surface area contributed by atoms with Gasteiger partial charge in [0.05, 0.1) is 6.67 Å². The zero-order valence-electron chi connectivity index (χ0n) is 8.57. The summed E-state index contributed by atoms with van der Waals surface area (Å²) < 4.78 is 12.0. The van der Waals surface area contributed by atoms with Crippen LogP contribution >= 0.6 is 0 Å². The topological polar surface area (TPSA) is 121 Å². The zero-order valence-corrected chi connectivity index (χ0v) is 8.57. The molecule has 1 saturated carbocycles. The maximum atomic E-state index is 12.0. The molecule has 0 spiro atoms.